The quantitative estimate of drug-likeness (QED) is 0.647. The number of para-hydroxylation sites is 1. The lowest BCUT2D eigenvalue weighted by Gasteiger charge is -2.23. The van der Waals surface area contributed by atoms with Crippen LogP contribution >= 0.6 is 34.8 Å². The van der Waals surface area contributed by atoms with Crippen LogP contribution in [0.15, 0.2) is 30.3 Å². The number of carbonyl (C=O) groups is 1. The average molecular weight is 350 g/mol. The Morgan fingerprint density at radius 2 is 1.86 bits per heavy atom. The highest BCUT2D eigenvalue weighted by atomic mass is 35.5. The molecule has 0 atom stereocenters. The Bertz CT molecular complexity index is 658. The zero-order valence-corrected chi connectivity index (χ0v) is 12.5. The van der Waals surface area contributed by atoms with Gasteiger partial charge in [0.25, 0.3) is 0 Å². The van der Waals surface area contributed by atoms with Crippen LogP contribution in [0.2, 0.25) is 15.3 Å². The highest BCUT2D eigenvalue weighted by Crippen LogP contribution is 2.28. The second-order valence-electron chi connectivity index (χ2n) is 3.85. The number of primary amides is 1. The first kappa shape index (κ1) is 15.6. The summed E-state index contributed by atoms with van der Waals surface area (Å²) >= 11 is 17.4. The van der Waals surface area contributed by atoms with Crippen LogP contribution in [0.1, 0.15) is 0 Å². The van der Waals surface area contributed by atoms with Crippen molar-refractivity contribution in [3.63, 3.8) is 0 Å². The molecule has 0 aliphatic heterocycles. The fourth-order valence-corrected chi connectivity index (χ4v) is 2.20. The molecule has 0 radical (unpaired) electrons. The molecule has 3 N–H and O–H groups in total. The largest absolute Gasteiger partial charge is 0.350 e. The maximum absolute atomic E-state index is 13.8. The van der Waals surface area contributed by atoms with Crippen LogP contribution < -0.4 is 16.2 Å². The van der Waals surface area contributed by atoms with Crippen LogP contribution in [0.25, 0.3) is 0 Å². The van der Waals surface area contributed by atoms with Crippen LogP contribution in [0.3, 0.4) is 0 Å². The summed E-state index contributed by atoms with van der Waals surface area (Å²) in [4.78, 5) is 15.3. The summed E-state index contributed by atoms with van der Waals surface area (Å²) in [5.41, 5.74) is 7.84. The smallest absolute Gasteiger partial charge is 0.338 e. The van der Waals surface area contributed by atoms with Crippen molar-refractivity contribution < 1.29 is 9.18 Å². The normalized spacial score (nSPS) is 10.3. The van der Waals surface area contributed by atoms with Crippen LogP contribution in [0.5, 0.6) is 0 Å². The fraction of sp³-hybridized carbons (Fsp3) is 0. The number of nitrogens with two attached hydrogens (primary N) is 1. The van der Waals surface area contributed by atoms with E-state index < -0.39 is 11.8 Å². The molecule has 1 heterocycles. The van der Waals surface area contributed by atoms with Gasteiger partial charge in [0, 0.05) is 12.1 Å². The number of halogens is 4. The molecule has 9 heteroatoms. The van der Waals surface area contributed by atoms with Gasteiger partial charge < -0.3 is 5.73 Å². The minimum Gasteiger partial charge on any atom is -0.350 e. The lowest BCUT2D eigenvalue weighted by atomic mass is 10.3. The number of nitrogens with zero attached hydrogens (tertiary/aromatic N) is 2. The molecule has 5 nitrogen and oxygen atoms in total. The van der Waals surface area contributed by atoms with Crippen molar-refractivity contribution >= 4 is 52.2 Å². The van der Waals surface area contributed by atoms with Crippen molar-refractivity contribution in [2.45, 2.75) is 0 Å². The molecule has 2 rings (SSSR count). The molecule has 2 amide bonds. The number of aromatic nitrogens is 1. The van der Waals surface area contributed by atoms with Gasteiger partial charge in [0.1, 0.15) is 21.8 Å². The van der Waals surface area contributed by atoms with Crippen molar-refractivity contribution in [1.82, 2.24) is 4.98 Å². The van der Waals surface area contributed by atoms with E-state index in [2.05, 4.69) is 10.4 Å². The van der Waals surface area contributed by atoms with Gasteiger partial charge >= 0.3 is 6.03 Å². The number of rotatable bonds is 3. The zero-order valence-electron chi connectivity index (χ0n) is 10.3. The number of pyridine rings is 1. The van der Waals surface area contributed by atoms with Crippen LogP contribution in [-0.4, -0.2) is 11.0 Å². The topological polar surface area (TPSA) is 71.2 Å². The second kappa shape index (κ2) is 6.34. The van der Waals surface area contributed by atoms with Crippen LogP contribution in [0, 0.1) is 5.82 Å². The molecule has 110 valence electrons. The number of benzene rings is 1. The van der Waals surface area contributed by atoms with Crippen molar-refractivity contribution in [2.24, 2.45) is 5.73 Å². The van der Waals surface area contributed by atoms with Gasteiger partial charge in [-0.15, -0.1) is 0 Å². The number of nitrogens with one attached hydrogen (secondary N) is 1. The summed E-state index contributed by atoms with van der Waals surface area (Å²) in [5.74, 6) is -0.653. The highest BCUT2D eigenvalue weighted by molar-refractivity contribution is 6.33. The molecule has 1 aromatic carbocycles. The molecule has 0 bridgehead atoms. The van der Waals surface area contributed by atoms with E-state index in [-0.39, 0.29) is 26.7 Å². The Balaban J connectivity index is 2.43. The Labute approximate surface area is 134 Å². The van der Waals surface area contributed by atoms with E-state index in [1.807, 2.05) is 0 Å². The van der Waals surface area contributed by atoms with Gasteiger partial charge in [-0.2, -0.15) is 0 Å². The second-order valence-corrected chi connectivity index (χ2v) is 5.03. The minimum absolute atomic E-state index is 0.0465. The third-order valence-electron chi connectivity index (χ3n) is 2.41. The van der Waals surface area contributed by atoms with Gasteiger partial charge in [-0.25, -0.2) is 19.2 Å². The molecule has 0 saturated heterocycles. The predicted molar refractivity (Wildman–Crippen MR) is 81.4 cm³/mol. The molecule has 21 heavy (non-hydrogen) atoms. The van der Waals surface area contributed by atoms with Crippen LogP contribution in [0.4, 0.5) is 20.6 Å². The molecule has 0 fully saturated rings. The summed E-state index contributed by atoms with van der Waals surface area (Å²) in [6.45, 7) is 0. The van der Waals surface area contributed by atoms with E-state index in [4.69, 9.17) is 40.5 Å². The first-order chi connectivity index (χ1) is 9.88. The summed E-state index contributed by atoms with van der Waals surface area (Å²) in [5, 5.41) is 1.02. The Hall–Kier alpha value is -1.76. The fourth-order valence-electron chi connectivity index (χ4n) is 1.54. The van der Waals surface area contributed by atoms with E-state index in [0.717, 1.165) is 5.01 Å². The maximum Gasteiger partial charge on any atom is 0.338 e. The Morgan fingerprint density at radius 1 is 1.24 bits per heavy atom. The molecule has 0 saturated carbocycles. The van der Waals surface area contributed by atoms with Gasteiger partial charge in [-0.3, -0.25) is 5.43 Å². The summed E-state index contributed by atoms with van der Waals surface area (Å²) in [6.07, 6.45) is 0. The van der Waals surface area contributed by atoms with Gasteiger partial charge in [-0.1, -0.05) is 40.9 Å². The van der Waals surface area contributed by atoms with E-state index in [1.54, 1.807) is 0 Å². The van der Waals surface area contributed by atoms with Crippen molar-refractivity contribution in [2.75, 3.05) is 10.4 Å². The molecule has 0 spiro atoms. The van der Waals surface area contributed by atoms with Gasteiger partial charge in [0.2, 0.25) is 0 Å². The van der Waals surface area contributed by atoms with E-state index in [9.17, 15) is 9.18 Å². The third-order valence-corrected chi connectivity index (χ3v) is 3.11. The van der Waals surface area contributed by atoms with E-state index >= 15 is 0 Å². The maximum atomic E-state index is 13.8. The molecule has 1 aromatic heterocycles. The number of carbonyl (C=O) groups excluding carboxylic acids is 1. The minimum atomic E-state index is -0.910. The predicted octanol–water partition coefficient (Wildman–Crippen LogP) is 4.09. The molecule has 0 aliphatic carbocycles. The standard InChI is InChI=1S/C12H8Cl3FN4O/c13-7-2-1-3-8(16)11(7)19-20(12(17)21)6-4-9(14)18-10(15)5-6/h1-5,19H,(H2,17,21). The number of urea groups is 1. The van der Waals surface area contributed by atoms with Crippen LogP contribution in [-0.2, 0) is 0 Å². The summed E-state index contributed by atoms with van der Waals surface area (Å²) in [7, 11) is 0. The molecular weight excluding hydrogens is 342 g/mol. The summed E-state index contributed by atoms with van der Waals surface area (Å²) in [6, 6.07) is 5.82. The van der Waals surface area contributed by atoms with Gasteiger partial charge in [0.05, 0.1) is 10.7 Å². The number of hydrazine groups is 1. The molecule has 2 aromatic rings. The number of hydrogen-bond donors (Lipinski definition) is 2. The first-order valence-electron chi connectivity index (χ1n) is 5.52. The molecule has 0 aliphatic rings. The average Bonchev–Trinajstić information content (AvgIpc) is 2.36. The Morgan fingerprint density at radius 3 is 2.38 bits per heavy atom. The van der Waals surface area contributed by atoms with Crippen molar-refractivity contribution in [1.29, 1.82) is 0 Å². The number of anilines is 2. The molecular formula is C12H8Cl3FN4O. The number of hydrogen-bond acceptors (Lipinski definition) is 3. The third kappa shape index (κ3) is 3.66. The van der Waals surface area contributed by atoms with E-state index in [1.165, 1.54) is 30.3 Å². The first-order valence-corrected chi connectivity index (χ1v) is 6.65. The zero-order chi connectivity index (χ0) is 15.6. The van der Waals surface area contributed by atoms with Crippen molar-refractivity contribution in [3.8, 4) is 0 Å². The lowest BCUT2D eigenvalue weighted by molar-refractivity contribution is 0.255. The monoisotopic (exact) mass is 348 g/mol. The van der Waals surface area contributed by atoms with Gasteiger partial charge in [-0.05, 0) is 12.1 Å². The number of amides is 2. The highest BCUT2D eigenvalue weighted by Gasteiger charge is 2.18. The summed E-state index contributed by atoms with van der Waals surface area (Å²) < 4.78 is 13.8. The Kier molecular flexibility index (Phi) is 4.72. The van der Waals surface area contributed by atoms with E-state index in [0.29, 0.717) is 0 Å². The van der Waals surface area contributed by atoms with Gasteiger partial charge in [0.15, 0.2) is 0 Å². The molecule has 0 unspecified atom stereocenters. The SMILES string of the molecule is NC(=O)N(Nc1c(F)cccc1Cl)c1cc(Cl)nc(Cl)c1. The van der Waals surface area contributed by atoms with Crippen molar-refractivity contribution in [3.05, 3.63) is 51.5 Å². The lowest BCUT2D eigenvalue weighted by Crippen LogP contribution is -2.40.